The summed E-state index contributed by atoms with van der Waals surface area (Å²) in [6, 6.07) is 67.6. The van der Waals surface area contributed by atoms with Crippen LogP contribution < -0.4 is 0 Å². The molecule has 0 fully saturated rings. The topological polar surface area (TPSA) is 67.4 Å². The fraction of sp³-hybridized carbons (Fsp3) is 0. The van der Waals surface area contributed by atoms with Crippen LogP contribution >= 0.6 is 11.3 Å². The lowest BCUT2D eigenvalue weighted by Crippen LogP contribution is -2.01. The van der Waals surface area contributed by atoms with E-state index in [1.54, 1.807) is 6.07 Å². The minimum Gasteiger partial charge on any atom is -0.309 e. The first kappa shape index (κ1) is 33.6. The summed E-state index contributed by atoms with van der Waals surface area (Å²) in [5.74, 6) is 1.63. The number of fused-ring (bicyclic) bond motifs is 6. The molecule has 0 atom stereocenters. The van der Waals surface area contributed by atoms with E-state index in [9.17, 15) is 5.26 Å². The van der Waals surface area contributed by atoms with Crippen molar-refractivity contribution in [3.63, 3.8) is 0 Å². The van der Waals surface area contributed by atoms with Gasteiger partial charge in [0.05, 0.1) is 22.7 Å². The van der Waals surface area contributed by atoms with Gasteiger partial charge in [0.2, 0.25) is 0 Å². The fourth-order valence-corrected chi connectivity index (χ4v) is 9.35. The Labute approximate surface area is 338 Å². The maximum Gasteiger partial charge on any atom is 0.164 e. The summed E-state index contributed by atoms with van der Waals surface area (Å²) in [6.45, 7) is 0. The van der Waals surface area contributed by atoms with Gasteiger partial charge >= 0.3 is 0 Å². The number of nitriles is 1. The van der Waals surface area contributed by atoms with Crippen LogP contribution in [-0.4, -0.2) is 19.5 Å². The lowest BCUT2D eigenvalue weighted by molar-refractivity contribution is 1.07. The largest absolute Gasteiger partial charge is 0.309 e. The average molecular weight is 758 g/mol. The van der Waals surface area contributed by atoms with Crippen molar-refractivity contribution < 1.29 is 0 Å². The zero-order valence-corrected chi connectivity index (χ0v) is 31.9. The molecule has 5 nitrogen and oxygen atoms in total. The van der Waals surface area contributed by atoms with E-state index >= 15 is 0 Å². The van der Waals surface area contributed by atoms with Gasteiger partial charge in [-0.1, -0.05) is 140 Å². The molecule has 270 valence electrons. The van der Waals surface area contributed by atoms with Crippen LogP contribution in [0.2, 0.25) is 0 Å². The molecule has 0 aliphatic heterocycles. The van der Waals surface area contributed by atoms with Crippen LogP contribution in [0.1, 0.15) is 5.56 Å². The fourth-order valence-electron chi connectivity index (χ4n) is 8.11. The summed E-state index contributed by atoms with van der Waals surface area (Å²) < 4.78 is 4.95. The van der Waals surface area contributed by atoms with E-state index in [2.05, 4.69) is 144 Å². The molecule has 0 saturated carbocycles. The van der Waals surface area contributed by atoms with Gasteiger partial charge in [0.1, 0.15) is 0 Å². The van der Waals surface area contributed by atoms with Crippen molar-refractivity contribution >= 4 is 53.3 Å². The first-order valence-electron chi connectivity index (χ1n) is 19.2. The predicted molar refractivity (Wildman–Crippen MR) is 239 cm³/mol. The van der Waals surface area contributed by atoms with Crippen LogP contribution in [0.3, 0.4) is 0 Å². The van der Waals surface area contributed by atoms with Crippen molar-refractivity contribution in [2.75, 3.05) is 0 Å². The number of benzene rings is 8. The van der Waals surface area contributed by atoms with Crippen LogP contribution in [-0.2, 0) is 0 Å². The molecule has 0 radical (unpaired) electrons. The van der Waals surface area contributed by atoms with Crippen LogP contribution in [0, 0.1) is 11.3 Å². The van der Waals surface area contributed by atoms with Gasteiger partial charge in [-0.2, -0.15) is 5.26 Å². The maximum absolute atomic E-state index is 9.67. The highest BCUT2D eigenvalue weighted by Crippen LogP contribution is 2.42. The summed E-state index contributed by atoms with van der Waals surface area (Å²) in [4.78, 5) is 15.0. The minimum absolute atomic E-state index is 0.511. The van der Waals surface area contributed by atoms with Crippen molar-refractivity contribution in [3.05, 3.63) is 194 Å². The number of aromatic nitrogens is 4. The molecule has 6 heteroatoms. The first-order valence-corrected chi connectivity index (χ1v) is 20.0. The van der Waals surface area contributed by atoms with Crippen LogP contribution in [0.5, 0.6) is 0 Å². The second kappa shape index (κ2) is 13.8. The van der Waals surface area contributed by atoms with E-state index in [-0.39, 0.29) is 0 Å². The van der Waals surface area contributed by atoms with Crippen molar-refractivity contribution in [2.45, 2.75) is 0 Å². The van der Waals surface area contributed by atoms with Crippen LogP contribution in [0.25, 0.3) is 104 Å². The van der Waals surface area contributed by atoms with Crippen molar-refractivity contribution in [2.24, 2.45) is 0 Å². The molecule has 0 bridgehead atoms. The zero-order chi connectivity index (χ0) is 38.6. The first-order chi connectivity index (χ1) is 28.7. The molecule has 11 rings (SSSR count). The van der Waals surface area contributed by atoms with Gasteiger partial charge in [0.25, 0.3) is 0 Å². The van der Waals surface area contributed by atoms with E-state index in [1.165, 1.54) is 53.2 Å². The Morgan fingerprint density at radius 3 is 1.84 bits per heavy atom. The van der Waals surface area contributed by atoms with Gasteiger partial charge in [0.15, 0.2) is 17.5 Å². The summed E-state index contributed by atoms with van der Waals surface area (Å²) >= 11 is 1.85. The molecule has 0 unspecified atom stereocenters. The summed E-state index contributed by atoms with van der Waals surface area (Å²) in [7, 11) is 0. The molecule has 0 aliphatic carbocycles. The number of thiophene rings is 1. The molecule has 0 aliphatic rings. The summed E-state index contributed by atoms with van der Waals surface area (Å²) in [5, 5.41) is 14.6. The van der Waals surface area contributed by atoms with Gasteiger partial charge in [-0.05, 0) is 70.8 Å². The summed E-state index contributed by atoms with van der Waals surface area (Å²) in [5.41, 5.74) is 11.0. The molecule has 0 N–H and O–H groups in total. The predicted octanol–water partition coefficient (Wildman–Crippen LogP) is 13.5. The van der Waals surface area contributed by atoms with Gasteiger partial charge < -0.3 is 4.57 Å². The normalized spacial score (nSPS) is 11.4. The monoisotopic (exact) mass is 757 g/mol. The summed E-state index contributed by atoms with van der Waals surface area (Å²) in [6.07, 6.45) is 0. The number of nitrogens with zero attached hydrogens (tertiary/aromatic N) is 5. The third-order valence-corrected chi connectivity index (χ3v) is 12.1. The van der Waals surface area contributed by atoms with Crippen molar-refractivity contribution in [3.8, 4) is 68.2 Å². The second-order valence-corrected chi connectivity index (χ2v) is 15.4. The SMILES string of the molecule is N#Cc1cccc(-c2nc(-c3ccccc3)nc(-c3cccc(-n4c5ccc(-c6ccccc6)cc5c5ccc(-c6cccc7c6sc6ccccc67)cc54)c3)n2)c1. The van der Waals surface area contributed by atoms with Crippen LogP contribution in [0.4, 0.5) is 0 Å². The van der Waals surface area contributed by atoms with Crippen molar-refractivity contribution in [1.29, 1.82) is 5.26 Å². The molecule has 0 spiro atoms. The van der Waals surface area contributed by atoms with Gasteiger partial charge in [-0.15, -0.1) is 11.3 Å². The molecular formula is C52H31N5S. The highest BCUT2D eigenvalue weighted by molar-refractivity contribution is 7.26. The van der Waals surface area contributed by atoms with Gasteiger partial charge in [0, 0.05) is 53.3 Å². The van der Waals surface area contributed by atoms with E-state index in [4.69, 9.17) is 15.0 Å². The molecule has 11 aromatic rings. The second-order valence-electron chi connectivity index (χ2n) is 14.4. The molecule has 3 aromatic heterocycles. The Balaban J connectivity index is 1.13. The Hall–Kier alpha value is -7.72. The average Bonchev–Trinajstić information content (AvgIpc) is 3.85. The molecular weight excluding hydrogens is 727 g/mol. The van der Waals surface area contributed by atoms with Gasteiger partial charge in [-0.3, -0.25) is 0 Å². The lowest BCUT2D eigenvalue weighted by Gasteiger charge is -2.12. The standard InChI is InChI=1S/C52H31N5S/c53-32-33-12-9-17-38(28-33)51-54-50(35-15-5-2-6-16-35)55-52(56-51)39-18-10-19-40(29-39)57-46-27-25-36(34-13-3-1-4-14-34)30-45(46)42-26-24-37(31-47(42)57)41-21-11-22-44-43-20-7-8-23-48(43)58-49(41)44/h1-31H. The van der Waals surface area contributed by atoms with E-state index in [1.807, 2.05) is 59.9 Å². The quantitative estimate of drug-likeness (QED) is 0.169. The molecule has 58 heavy (non-hydrogen) atoms. The molecule has 3 heterocycles. The van der Waals surface area contributed by atoms with Gasteiger partial charge in [-0.25, -0.2) is 15.0 Å². The highest BCUT2D eigenvalue weighted by Gasteiger charge is 2.19. The molecule has 8 aromatic carbocycles. The zero-order valence-electron chi connectivity index (χ0n) is 31.0. The lowest BCUT2D eigenvalue weighted by atomic mass is 10.00. The molecule has 0 amide bonds. The maximum atomic E-state index is 9.67. The number of hydrogen-bond donors (Lipinski definition) is 0. The number of rotatable bonds is 6. The Kier molecular flexibility index (Phi) is 7.99. The third kappa shape index (κ3) is 5.73. The smallest absolute Gasteiger partial charge is 0.164 e. The molecule has 0 saturated heterocycles. The van der Waals surface area contributed by atoms with Crippen LogP contribution in [0.15, 0.2) is 188 Å². The Morgan fingerprint density at radius 2 is 1.05 bits per heavy atom. The number of hydrogen-bond acceptors (Lipinski definition) is 5. The minimum atomic E-state index is 0.511. The third-order valence-electron chi connectivity index (χ3n) is 10.9. The van der Waals surface area contributed by atoms with E-state index < -0.39 is 0 Å². The Morgan fingerprint density at radius 1 is 0.414 bits per heavy atom. The highest BCUT2D eigenvalue weighted by atomic mass is 32.1. The van der Waals surface area contributed by atoms with E-state index in [0.29, 0.717) is 23.0 Å². The van der Waals surface area contributed by atoms with Crippen molar-refractivity contribution in [1.82, 2.24) is 19.5 Å². The Bertz CT molecular complexity index is 3410. The van der Waals surface area contributed by atoms with E-state index in [0.717, 1.165) is 33.4 Å².